The van der Waals surface area contributed by atoms with Crippen LogP contribution in [0.2, 0.25) is 0 Å². The molecule has 0 spiro atoms. The van der Waals surface area contributed by atoms with Crippen molar-refractivity contribution in [2.24, 2.45) is 11.7 Å². The predicted octanol–water partition coefficient (Wildman–Crippen LogP) is 3.25. The lowest BCUT2D eigenvalue weighted by Crippen LogP contribution is -2.29. The Kier molecular flexibility index (Phi) is 6.80. The van der Waals surface area contributed by atoms with Crippen molar-refractivity contribution in [1.82, 2.24) is 19.6 Å². The van der Waals surface area contributed by atoms with Crippen LogP contribution in [0.3, 0.4) is 0 Å². The van der Waals surface area contributed by atoms with Gasteiger partial charge in [-0.15, -0.1) is 0 Å². The molecule has 2 atom stereocenters. The van der Waals surface area contributed by atoms with Crippen molar-refractivity contribution in [3.8, 4) is 5.69 Å². The molecule has 0 radical (unpaired) electrons. The van der Waals surface area contributed by atoms with E-state index in [2.05, 4.69) is 22.2 Å². The first-order valence-electron chi connectivity index (χ1n) is 13.3. The monoisotopic (exact) mass is 549 g/mol. The van der Waals surface area contributed by atoms with E-state index in [1.165, 1.54) is 12.1 Å². The predicted molar refractivity (Wildman–Crippen MR) is 146 cm³/mol. The van der Waals surface area contributed by atoms with E-state index < -0.39 is 28.8 Å². The first-order chi connectivity index (χ1) is 19.3. The minimum absolute atomic E-state index is 0.0368. The summed E-state index contributed by atoms with van der Waals surface area (Å²) >= 11 is 0. The second-order valence-corrected chi connectivity index (χ2v) is 10.4. The minimum Gasteiger partial charge on any atom is -0.381 e. The third-order valence-corrected chi connectivity index (χ3v) is 7.71. The molecule has 3 N–H and O–H groups in total. The number of nitrogens with one attached hydrogen (secondary N) is 1. The Morgan fingerprint density at radius 1 is 1.05 bits per heavy atom. The number of benzene rings is 2. The molecule has 2 aliphatic rings. The van der Waals surface area contributed by atoms with E-state index >= 15 is 0 Å². The van der Waals surface area contributed by atoms with Gasteiger partial charge in [-0.2, -0.15) is 14.9 Å². The number of aromatic nitrogens is 4. The van der Waals surface area contributed by atoms with Crippen LogP contribution in [0.4, 0.5) is 20.2 Å². The fourth-order valence-corrected chi connectivity index (χ4v) is 5.51. The molecule has 1 amide bonds. The maximum atomic E-state index is 14.4. The number of nitrogens with two attached hydrogens (primary N) is 1. The first kappa shape index (κ1) is 26.1. The number of carbonyl (C=O) groups is 1. The lowest BCUT2D eigenvalue weighted by Gasteiger charge is -2.25. The molecule has 0 bridgehead atoms. The van der Waals surface area contributed by atoms with Crippen molar-refractivity contribution in [3.05, 3.63) is 76.3 Å². The number of halogens is 2. The molecule has 0 saturated carbocycles. The molecule has 0 aliphatic carbocycles. The number of carbonyl (C=O) groups excluding carboxylic acids is 1. The van der Waals surface area contributed by atoms with Gasteiger partial charge in [0, 0.05) is 43.8 Å². The molecule has 2 fully saturated rings. The summed E-state index contributed by atoms with van der Waals surface area (Å²) in [6.07, 6.45) is 3.53. The zero-order chi connectivity index (χ0) is 28.0. The maximum absolute atomic E-state index is 14.4. The molecule has 2 aromatic heterocycles. The number of nitrogens with zero attached hydrogens (tertiary/aromatic N) is 5. The van der Waals surface area contributed by atoms with Crippen LogP contribution in [-0.2, 0) is 4.74 Å². The first-order valence-corrected chi connectivity index (χ1v) is 13.3. The highest BCUT2D eigenvalue weighted by Crippen LogP contribution is 2.39. The number of rotatable bonds is 5. The minimum atomic E-state index is -0.971. The highest BCUT2D eigenvalue weighted by molar-refractivity contribution is 6.09. The molecule has 4 aromatic rings. The van der Waals surface area contributed by atoms with Gasteiger partial charge >= 0.3 is 0 Å². The second kappa shape index (κ2) is 10.4. The van der Waals surface area contributed by atoms with E-state index in [0.29, 0.717) is 36.7 Å². The highest BCUT2D eigenvalue weighted by Gasteiger charge is 2.31. The third-order valence-electron chi connectivity index (χ3n) is 7.71. The zero-order valence-electron chi connectivity index (χ0n) is 21.9. The van der Waals surface area contributed by atoms with Crippen LogP contribution in [0.5, 0.6) is 0 Å². The number of hydrogen-bond acceptors (Lipinski definition) is 7. The van der Waals surface area contributed by atoms with Crippen LogP contribution in [-0.4, -0.2) is 57.8 Å². The van der Waals surface area contributed by atoms with Crippen molar-refractivity contribution in [1.29, 1.82) is 0 Å². The summed E-state index contributed by atoms with van der Waals surface area (Å²) in [5.74, 6) is -2.34. The van der Waals surface area contributed by atoms with Gasteiger partial charge in [-0.3, -0.25) is 14.3 Å². The quantitative estimate of drug-likeness (QED) is 0.392. The molecule has 208 valence electrons. The fourth-order valence-electron chi connectivity index (χ4n) is 5.51. The molecule has 0 unspecified atom stereocenters. The number of para-hydroxylation sites is 1. The van der Waals surface area contributed by atoms with Crippen molar-refractivity contribution < 1.29 is 18.3 Å². The van der Waals surface area contributed by atoms with Crippen LogP contribution in [0, 0.1) is 17.6 Å². The van der Waals surface area contributed by atoms with Gasteiger partial charge in [0.25, 0.3) is 11.5 Å². The highest BCUT2D eigenvalue weighted by atomic mass is 19.1. The topological polar surface area (TPSA) is 120 Å². The lowest BCUT2D eigenvalue weighted by atomic mass is 10.1. The number of hydrogen-bond donors (Lipinski definition) is 2. The number of fused-ring (bicyclic) bond motifs is 1. The maximum Gasteiger partial charge on any atom is 0.276 e. The summed E-state index contributed by atoms with van der Waals surface area (Å²) in [5, 5.41) is 12.5. The van der Waals surface area contributed by atoms with Gasteiger partial charge in [-0.1, -0.05) is 13.0 Å². The van der Waals surface area contributed by atoms with Crippen molar-refractivity contribution in [3.63, 3.8) is 0 Å². The van der Waals surface area contributed by atoms with Gasteiger partial charge in [0.15, 0.2) is 11.6 Å². The number of amides is 1. The summed E-state index contributed by atoms with van der Waals surface area (Å²) < 4.78 is 36.9. The number of ether oxygens (including phenoxy) is 1. The average molecular weight is 550 g/mol. The zero-order valence-corrected chi connectivity index (χ0v) is 21.9. The Hall–Kier alpha value is -4.16. The van der Waals surface area contributed by atoms with Crippen LogP contribution in [0.25, 0.3) is 16.6 Å². The molecule has 6 rings (SSSR count). The van der Waals surface area contributed by atoms with E-state index in [4.69, 9.17) is 15.6 Å². The summed E-state index contributed by atoms with van der Waals surface area (Å²) in [4.78, 5) is 28.0. The van der Waals surface area contributed by atoms with Crippen LogP contribution >= 0.6 is 0 Å². The molecule has 2 saturated heterocycles. The Morgan fingerprint density at radius 2 is 1.80 bits per heavy atom. The smallest absolute Gasteiger partial charge is 0.276 e. The fraction of sp³-hybridized carbons (Fsp3) is 0.357. The normalized spacial score (nSPS) is 19.9. The summed E-state index contributed by atoms with van der Waals surface area (Å²) in [5.41, 5.74) is 7.00. The Bertz CT molecular complexity index is 1620. The van der Waals surface area contributed by atoms with E-state index in [1.807, 2.05) is 23.0 Å². The van der Waals surface area contributed by atoms with Gasteiger partial charge in [0.2, 0.25) is 0 Å². The van der Waals surface area contributed by atoms with Gasteiger partial charge in [0.05, 0.1) is 29.1 Å². The molecular formula is C28H29F2N7O3. The van der Waals surface area contributed by atoms with Gasteiger partial charge in [0.1, 0.15) is 11.4 Å². The van der Waals surface area contributed by atoms with Crippen LogP contribution in [0.15, 0.2) is 53.5 Å². The van der Waals surface area contributed by atoms with E-state index in [-0.39, 0.29) is 23.7 Å². The van der Waals surface area contributed by atoms with Crippen molar-refractivity contribution >= 4 is 28.2 Å². The molecule has 12 heteroatoms. The molecule has 10 nitrogen and oxygen atoms in total. The van der Waals surface area contributed by atoms with Crippen molar-refractivity contribution in [2.45, 2.75) is 31.8 Å². The Morgan fingerprint density at radius 3 is 2.50 bits per heavy atom. The lowest BCUT2D eigenvalue weighted by molar-refractivity contribution is 0.0675. The van der Waals surface area contributed by atoms with E-state index in [9.17, 15) is 18.4 Å². The SMILES string of the molecule is C[C@H]1CN(c2c(NC(=O)c3ccc(=O)n(-c4c(F)cccc4F)n3)ccc3c2cnn3C2CCOCC2)C[C@@H]1N. The van der Waals surface area contributed by atoms with Crippen LogP contribution < -0.4 is 21.5 Å². The summed E-state index contributed by atoms with van der Waals surface area (Å²) in [6, 6.07) is 9.40. The largest absolute Gasteiger partial charge is 0.381 e. The Balaban J connectivity index is 1.39. The third kappa shape index (κ3) is 4.62. The average Bonchev–Trinajstić information content (AvgIpc) is 3.52. The van der Waals surface area contributed by atoms with Gasteiger partial charge in [-0.25, -0.2) is 8.78 Å². The summed E-state index contributed by atoms with van der Waals surface area (Å²) in [7, 11) is 0. The molecule has 40 heavy (non-hydrogen) atoms. The molecule has 2 aromatic carbocycles. The second-order valence-electron chi connectivity index (χ2n) is 10.4. The molecular weight excluding hydrogens is 520 g/mol. The van der Waals surface area contributed by atoms with Crippen molar-refractivity contribution in [2.75, 3.05) is 36.5 Å². The number of anilines is 2. The van der Waals surface area contributed by atoms with E-state index in [1.54, 1.807) is 0 Å². The summed E-state index contributed by atoms with van der Waals surface area (Å²) in [6.45, 7) is 4.74. The van der Waals surface area contributed by atoms with E-state index in [0.717, 1.165) is 47.6 Å². The van der Waals surface area contributed by atoms with Gasteiger partial charge < -0.3 is 20.7 Å². The Labute approximate surface area is 228 Å². The molecule has 4 heterocycles. The van der Waals surface area contributed by atoms with Crippen LogP contribution in [0.1, 0.15) is 36.3 Å². The molecule has 2 aliphatic heterocycles. The van der Waals surface area contributed by atoms with Gasteiger partial charge in [-0.05, 0) is 49.1 Å². The standard InChI is InChI=1S/C28H29F2N7O3/c1-16-14-35(15-21(16)31)26-18-13-32-36(17-9-11-40-12-10-17)24(18)7-5-22(26)33-28(39)23-6-8-25(38)37(34-23)27-19(29)3-2-4-20(27)30/h2-8,13,16-17,21H,9-12,14-15,31H2,1H3,(H,33,39)/t16-,21-/m0/s1.